The van der Waals surface area contributed by atoms with Crippen molar-refractivity contribution in [2.45, 2.75) is 40.5 Å². The molecule has 4 aromatic rings. The fourth-order valence-electron chi connectivity index (χ4n) is 4.79. The standard InChI is InChI=1S/C27H28N8O/c1-16-6-5-7-22-17(2)12-23(32-24(16)22)35-25(21(14-28)15-29-35)33-26(36)20-8-10-34(11-9-20)27-30-18(3)13-19(4)31-27/h5-7,12-13,15,20H,8-11H2,1-4H3,(H,33,36). The first-order chi connectivity index (χ1) is 17.3. The number of carbonyl (C=O) groups is 1. The SMILES string of the molecule is Cc1cc(C)nc(N2CCC(C(=O)Nc3c(C#N)cnn3-c3cc(C)c4cccc(C)c4n3)CC2)n1. The molecule has 1 aliphatic heterocycles. The van der Waals surface area contributed by atoms with Gasteiger partial charge in [-0.15, -0.1) is 0 Å². The minimum atomic E-state index is -0.185. The lowest BCUT2D eigenvalue weighted by atomic mass is 9.96. The zero-order chi connectivity index (χ0) is 25.4. The van der Waals surface area contributed by atoms with E-state index in [-0.39, 0.29) is 11.8 Å². The molecule has 5 rings (SSSR count). The van der Waals surface area contributed by atoms with Gasteiger partial charge in [-0.25, -0.2) is 15.0 Å². The predicted molar refractivity (Wildman–Crippen MR) is 138 cm³/mol. The minimum absolute atomic E-state index is 0.122. The number of hydrogen-bond acceptors (Lipinski definition) is 7. The Morgan fingerprint density at radius 3 is 2.44 bits per heavy atom. The second-order valence-electron chi connectivity index (χ2n) is 9.40. The van der Waals surface area contributed by atoms with Crippen LogP contribution in [0.15, 0.2) is 36.5 Å². The smallest absolute Gasteiger partial charge is 0.228 e. The number of para-hydroxylation sites is 1. The Balaban J connectivity index is 1.37. The first-order valence-electron chi connectivity index (χ1n) is 12.1. The van der Waals surface area contributed by atoms with Crippen molar-refractivity contribution in [1.29, 1.82) is 5.26 Å². The summed E-state index contributed by atoms with van der Waals surface area (Å²) in [6, 6.07) is 12.1. The summed E-state index contributed by atoms with van der Waals surface area (Å²) in [5, 5.41) is 18.1. The third-order valence-corrected chi connectivity index (χ3v) is 6.70. The largest absolute Gasteiger partial charge is 0.341 e. The van der Waals surface area contributed by atoms with Crippen molar-refractivity contribution in [3.8, 4) is 11.9 Å². The van der Waals surface area contributed by atoms with Gasteiger partial charge < -0.3 is 10.2 Å². The molecule has 1 aromatic carbocycles. The molecule has 3 aromatic heterocycles. The van der Waals surface area contributed by atoms with Gasteiger partial charge in [0.15, 0.2) is 11.6 Å². The molecule has 1 N–H and O–H groups in total. The van der Waals surface area contributed by atoms with Crippen LogP contribution in [0.25, 0.3) is 16.7 Å². The van der Waals surface area contributed by atoms with E-state index in [1.165, 1.54) is 6.20 Å². The lowest BCUT2D eigenvalue weighted by Crippen LogP contribution is -2.39. The maximum absolute atomic E-state index is 13.3. The Labute approximate surface area is 209 Å². The van der Waals surface area contributed by atoms with Crippen LogP contribution in [-0.4, -0.2) is 43.7 Å². The fraction of sp³-hybridized carbons (Fsp3) is 0.333. The van der Waals surface area contributed by atoms with E-state index in [9.17, 15) is 10.1 Å². The summed E-state index contributed by atoms with van der Waals surface area (Å²) in [5.41, 5.74) is 5.14. The van der Waals surface area contributed by atoms with E-state index in [1.54, 1.807) is 4.68 Å². The highest BCUT2D eigenvalue weighted by atomic mass is 16.2. The van der Waals surface area contributed by atoms with Gasteiger partial charge in [0.1, 0.15) is 11.6 Å². The van der Waals surface area contributed by atoms with Crippen molar-refractivity contribution in [3.05, 3.63) is 64.6 Å². The maximum atomic E-state index is 13.3. The number of hydrogen-bond donors (Lipinski definition) is 1. The Bertz CT molecular complexity index is 1490. The maximum Gasteiger partial charge on any atom is 0.228 e. The highest BCUT2D eigenvalue weighted by Crippen LogP contribution is 2.27. The number of piperidine rings is 1. The number of nitrogens with one attached hydrogen (secondary N) is 1. The van der Waals surface area contributed by atoms with Crippen LogP contribution in [0, 0.1) is 44.9 Å². The molecule has 0 spiro atoms. The Kier molecular flexibility index (Phi) is 6.10. The van der Waals surface area contributed by atoms with Gasteiger partial charge in [-0.05, 0) is 63.8 Å². The molecule has 1 fully saturated rings. The number of pyridine rings is 1. The number of aromatic nitrogens is 5. The molecule has 0 bridgehead atoms. The quantitative estimate of drug-likeness (QED) is 0.466. The van der Waals surface area contributed by atoms with E-state index in [0.717, 1.165) is 33.4 Å². The van der Waals surface area contributed by atoms with Crippen LogP contribution in [-0.2, 0) is 4.79 Å². The van der Waals surface area contributed by atoms with Crippen LogP contribution in [0.4, 0.5) is 11.8 Å². The van der Waals surface area contributed by atoms with E-state index in [0.29, 0.717) is 49.1 Å². The highest BCUT2D eigenvalue weighted by molar-refractivity contribution is 5.93. The van der Waals surface area contributed by atoms with E-state index in [4.69, 9.17) is 4.98 Å². The molecule has 182 valence electrons. The number of rotatable bonds is 4. The van der Waals surface area contributed by atoms with Gasteiger partial charge in [0.25, 0.3) is 0 Å². The molecule has 0 aliphatic carbocycles. The summed E-state index contributed by atoms with van der Waals surface area (Å²) in [7, 11) is 0. The van der Waals surface area contributed by atoms with Crippen molar-refractivity contribution in [3.63, 3.8) is 0 Å². The van der Waals surface area contributed by atoms with E-state index in [2.05, 4.69) is 31.4 Å². The average Bonchev–Trinajstić information content (AvgIpc) is 3.26. The second-order valence-corrected chi connectivity index (χ2v) is 9.40. The molecule has 9 heteroatoms. The Morgan fingerprint density at radius 1 is 1.03 bits per heavy atom. The van der Waals surface area contributed by atoms with Crippen LogP contribution >= 0.6 is 0 Å². The molecule has 4 heterocycles. The number of amides is 1. The van der Waals surface area contributed by atoms with Gasteiger partial charge in [0.05, 0.1) is 11.7 Å². The number of fused-ring (bicyclic) bond motifs is 1. The topological polar surface area (TPSA) is 113 Å². The number of anilines is 2. The monoisotopic (exact) mass is 480 g/mol. The summed E-state index contributed by atoms with van der Waals surface area (Å²) in [6.07, 6.45) is 2.81. The van der Waals surface area contributed by atoms with Gasteiger partial charge in [0, 0.05) is 35.8 Å². The van der Waals surface area contributed by atoms with Crippen LogP contribution in [0.5, 0.6) is 0 Å². The summed E-state index contributed by atoms with van der Waals surface area (Å²) >= 11 is 0. The Morgan fingerprint density at radius 2 is 1.75 bits per heavy atom. The number of aryl methyl sites for hydroxylation is 4. The number of nitriles is 1. The third-order valence-electron chi connectivity index (χ3n) is 6.70. The molecule has 9 nitrogen and oxygen atoms in total. The summed E-state index contributed by atoms with van der Waals surface area (Å²) in [6.45, 7) is 9.34. The third kappa shape index (κ3) is 4.38. The highest BCUT2D eigenvalue weighted by Gasteiger charge is 2.28. The molecule has 1 amide bonds. The lowest BCUT2D eigenvalue weighted by molar-refractivity contribution is -0.120. The van der Waals surface area contributed by atoms with E-state index < -0.39 is 0 Å². The molecular weight excluding hydrogens is 452 g/mol. The zero-order valence-electron chi connectivity index (χ0n) is 20.9. The number of benzene rings is 1. The van der Waals surface area contributed by atoms with Gasteiger partial charge >= 0.3 is 0 Å². The van der Waals surface area contributed by atoms with Crippen LogP contribution in [0.3, 0.4) is 0 Å². The van der Waals surface area contributed by atoms with E-state index in [1.807, 2.05) is 58.0 Å². The van der Waals surface area contributed by atoms with Gasteiger partial charge in [-0.2, -0.15) is 15.0 Å². The summed E-state index contributed by atoms with van der Waals surface area (Å²) in [4.78, 5) is 29.3. The average molecular weight is 481 g/mol. The van der Waals surface area contributed by atoms with Crippen molar-refractivity contribution < 1.29 is 4.79 Å². The first-order valence-corrected chi connectivity index (χ1v) is 12.1. The number of nitrogens with zero attached hydrogens (tertiary/aromatic N) is 7. The molecule has 0 radical (unpaired) electrons. The molecule has 0 unspecified atom stereocenters. The fourth-order valence-corrected chi connectivity index (χ4v) is 4.79. The normalized spacial score (nSPS) is 14.1. The van der Waals surface area contributed by atoms with E-state index >= 15 is 0 Å². The molecule has 0 atom stereocenters. The van der Waals surface area contributed by atoms with Crippen LogP contribution in [0.2, 0.25) is 0 Å². The zero-order valence-corrected chi connectivity index (χ0v) is 20.9. The van der Waals surface area contributed by atoms with Crippen molar-refractivity contribution in [2.75, 3.05) is 23.3 Å². The van der Waals surface area contributed by atoms with Gasteiger partial charge in [-0.3, -0.25) is 4.79 Å². The van der Waals surface area contributed by atoms with Crippen molar-refractivity contribution in [2.24, 2.45) is 5.92 Å². The second kappa shape index (κ2) is 9.38. The summed E-state index contributed by atoms with van der Waals surface area (Å²) in [5.74, 6) is 1.32. The first kappa shape index (κ1) is 23.4. The Hall–Kier alpha value is -4.32. The lowest BCUT2D eigenvalue weighted by Gasteiger charge is -2.31. The minimum Gasteiger partial charge on any atom is -0.341 e. The van der Waals surface area contributed by atoms with Crippen molar-refractivity contribution in [1.82, 2.24) is 24.7 Å². The molecular formula is C27H28N8O. The van der Waals surface area contributed by atoms with Crippen molar-refractivity contribution >= 4 is 28.6 Å². The number of carbonyl (C=O) groups excluding carboxylic acids is 1. The van der Waals surface area contributed by atoms with Gasteiger partial charge in [-0.1, -0.05) is 18.2 Å². The molecule has 0 saturated carbocycles. The molecule has 36 heavy (non-hydrogen) atoms. The predicted octanol–water partition coefficient (Wildman–Crippen LogP) is 4.17. The van der Waals surface area contributed by atoms with Crippen LogP contribution < -0.4 is 10.2 Å². The molecule has 1 saturated heterocycles. The summed E-state index contributed by atoms with van der Waals surface area (Å²) < 4.78 is 1.55. The molecule has 1 aliphatic rings. The van der Waals surface area contributed by atoms with Gasteiger partial charge in [0.2, 0.25) is 11.9 Å². The van der Waals surface area contributed by atoms with Crippen LogP contribution in [0.1, 0.15) is 40.9 Å².